The van der Waals surface area contributed by atoms with E-state index in [-0.39, 0.29) is 0 Å². The third-order valence-corrected chi connectivity index (χ3v) is 2.04. The highest BCUT2D eigenvalue weighted by atomic mass is 19.1. The number of esters is 1. The molecule has 0 spiro atoms. The molecule has 0 saturated carbocycles. The van der Waals surface area contributed by atoms with Crippen molar-refractivity contribution in [2.75, 3.05) is 33.2 Å². The molecule has 0 atom stereocenters. The van der Waals surface area contributed by atoms with Crippen LogP contribution in [-0.2, 0) is 9.47 Å². The fourth-order valence-corrected chi connectivity index (χ4v) is 1.22. The number of alkyl halides is 1. The number of carbonyl (C=O) groups is 1. The molecule has 1 aromatic rings. The standard InChI is InChI=1S/C8H7FO2.C4H9NO/c9-6-11-8(10)7-4-2-1-3-5-7;1-3-6-4-2-5-1/h1-5H,6H2;5H,1-4H2. The molecule has 1 saturated heterocycles. The van der Waals surface area contributed by atoms with Gasteiger partial charge in [-0.2, -0.15) is 0 Å². The fraction of sp³-hybridized carbons (Fsp3) is 0.417. The van der Waals surface area contributed by atoms with E-state index in [1.807, 2.05) is 0 Å². The lowest BCUT2D eigenvalue weighted by Gasteiger charge is -2.10. The summed E-state index contributed by atoms with van der Waals surface area (Å²) < 4.78 is 20.6. The average Bonchev–Trinajstić information content (AvgIpc) is 2.43. The summed E-state index contributed by atoms with van der Waals surface area (Å²) in [7, 11) is 0. The van der Waals surface area contributed by atoms with Crippen molar-refractivity contribution < 1.29 is 18.7 Å². The van der Waals surface area contributed by atoms with E-state index in [2.05, 4.69) is 10.1 Å². The van der Waals surface area contributed by atoms with Crippen molar-refractivity contribution >= 4 is 5.97 Å². The van der Waals surface area contributed by atoms with Crippen LogP contribution in [0, 0.1) is 0 Å². The van der Waals surface area contributed by atoms with E-state index in [9.17, 15) is 9.18 Å². The van der Waals surface area contributed by atoms with E-state index >= 15 is 0 Å². The van der Waals surface area contributed by atoms with Gasteiger partial charge in [-0.25, -0.2) is 9.18 Å². The van der Waals surface area contributed by atoms with Crippen LogP contribution >= 0.6 is 0 Å². The van der Waals surface area contributed by atoms with E-state index < -0.39 is 12.8 Å². The van der Waals surface area contributed by atoms with Crippen molar-refractivity contribution in [3.8, 4) is 0 Å². The quantitative estimate of drug-likeness (QED) is 0.795. The Morgan fingerprint density at radius 3 is 2.35 bits per heavy atom. The molecule has 0 unspecified atom stereocenters. The van der Waals surface area contributed by atoms with Crippen molar-refractivity contribution in [2.24, 2.45) is 0 Å². The van der Waals surface area contributed by atoms with Gasteiger partial charge in [0.25, 0.3) is 0 Å². The number of halogens is 1. The van der Waals surface area contributed by atoms with E-state index in [0.29, 0.717) is 5.56 Å². The second kappa shape index (κ2) is 8.66. The molecule has 17 heavy (non-hydrogen) atoms. The maximum Gasteiger partial charge on any atom is 0.340 e. The molecule has 0 bridgehead atoms. The van der Waals surface area contributed by atoms with Crippen molar-refractivity contribution in [1.29, 1.82) is 0 Å². The van der Waals surface area contributed by atoms with E-state index in [1.54, 1.807) is 30.3 Å². The van der Waals surface area contributed by atoms with Gasteiger partial charge in [-0.1, -0.05) is 18.2 Å². The summed E-state index contributed by atoms with van der Waals surface area (Å²) in [6, 6.07) is 8.28. The van der Waals surface area contributed by atoms with Crippen molar-refractivity contribution in [3.05, 3.63) is 35.9 Å². The zero-order chi connectivity index (χ0) is 12.3. The second-order valence-corrected chi connectivity index (χ2v) is 3.27. The van der Waals surface area contributed by atoms with Crippen LogP contribution in [0.3, 0.4) is 0 Å². The molecule has 5 heteroatoms. The summed E-state index contributed by atoms with van der Waals surface area (Å²) in [5.74, 6) is -0.631. The minimum atomic E-state index is -1.08. The zero-order valence-electron chi connectivity index (χ0n) is 9.52. The van der Waals surface area contributed by atoms with Crippen LogP contribution in [0.5, 0.6) is 0 Å². The van der Waals surface area contributed by atoms with Gasteiger partial charge >= 0.3 is 5.97 Å². The molecule has 0 aromatic heterocycles. The first-order valence-electron chi connectivity index (χ1n) is 5.41. The minimum Gasteiger partial charge on any atom is -0.430 e. The Balaban J connectivity index is 0.000000202. The molecule has 94 valence electrons. The van der Waals surface area contributed by atoms with Crippen LogP contribution in [0.15, 0.2) is 30.3 Å². The van der Waals surface area contributed by atoms with Crippen LogP contribution in [0.1, 0.15) is 10.4 Å². The minimum absolute atomic E-state index is 0.366. The van der Waals surface area contributed by atoms with Crippen molar-refractivity contribution in [2.45, 2.75) is 0 Å². The molecule has 1 aliphatic rings. The number of rotatable bonds is 2. The lowest BCUT2D eigenvalue weighted by Crippen LogP contribution is -2.30. The number of benzene rings is 1. The van der Waals surface area contributed by atoms with Crippen molar-refractivity contribution in [1.82, 2.24) is 5.32 Å². The fourth-order valence-electron chi connectivity index (χ4n) is 1.22. The van der Waals surface area contributed by atoms with Gasteiger partial charge in [0.2, 0.25) is 6.86 Å². The molecule has 1 aromatic carbocycles. The molecule has 4 nitrogen and oxygen atoms in total. The van der Waals surface area contributed by atoms with Gasteiger partial charge in [-0.3, -0.25) is 0 Å². The molecule has 1 heterocycles. The van der Waals surface area contributed by atoms with Gasteiger partial charge in [0.15, 0.2) is 0 Å². The highest BCUT2D eigenvalue weighted by molar-refractivity contribution is 5.89. The lowest BCUT2D eigenvalue weighted by atomic mass is 10.2. The molecular weight excluding hydrogens is 225 g/mol. The Morgan fingerprint density at radius 1 is 1.29 bits per heavy atom. The van der Waals surface area contributed by atoms with Crippen LogP contribution in [0.2, 0.25) is 0 Å². The normalized spacial score (nSPS) is 14.4. The van der Waals surface area contributed by atoms with Crippen LogP contribution in [0.25, 0.3) is 0 Å². The van der Waals surface area contributed by atoms with E-state index in [1.165, 1.54) is 0 Å². The van der Waals surface area contributed by atoms with Crippen LogP contribution < -0.4 is 5.32 Å². The topological polar surface area (TPSA) is 47.6 Å². The largest absolute Gasteiger partial charge is 0.430 e. The zero-order valence-corrected chi connectivity index (χ0v) is 9.52. The Hall–Kier alpha value is -1.46. The number of carbonyl (C=O) groups excluding carboxylic acids is 1. The number of ether oxygens (including phenoxy) is 2. The summed E-state index contributed by atoms with van der Waals surface area (Å²) in [6.45, 7) is 2.76. The summed E-state index contributed by atoms with van der Waals surface area (Å²) in [5, 5.41) is 3.16. The van der Waals surface area contributed by atoms with Crippen LogP contribution in [0.4, 0.5) is 4.39 Å². The van der Waals surface area contributed by atoms with Gasteiger partial charge in [0, 0.05) is 13.1 Å². The van der Waals surface area contributed by atoms with E-state index in [4.69, 9.17) is 4.74 Å². The predicted molar refractivity (Wildman–Crippen MR) is 61.5 cm³/mol. The highest BCUT2D eigenvalue weighted by Gasteiger charge is 2.03. The molecule has 0 amide bonds. The van der Waals surface area contributed by atoms with Crippen LogP contribution in [-0.4, -0.2) is 39.1 Å². The third-order valence-electron chi connectivity index (χ3n) is 2.04. The maximum absolute atomic E-state index is 11.5. The molecular formula is C12H16FNO3. The SMILES string of the molecule is C1COCCN1.O=C(OCF)c1ccccc1. The highest BCUT2D eigenvalue weighted by Crippen LogP contribution is 2.00. The first-order valence-corrected chi connectivity index (χ1v) is 5.41. The smallest absolute Gasteiger partial charge is 0.340 e. The number of morpholine rings is 1. The molecule has 0 radical (unpaired) electrons. The molecule has 1 fully saturated rings. The summed E-state index contributed by atoms with van der Waals surface area (Å²) in [4.78, 5) is 10.8. The first-order chi connectivity index (χ1) is 8.34. The summed E-state index contributed by atoms with van der Waals surface area (Å²) in [5.41, 5.74) is 0.366. The summed E-state index contributed by atoms with van der Waals surface area (Å²) >= 11 is 0. The Bertz CT molecular complexity index is 303. The van der Waals surface area contributed by atoms with Gasteiger partial charge in [0.1, 0.15) is 0 Å². The molecule has 1 N–H and O–H groups in total. The average molecular weight is 241 g/mol. The molecule has 1 aliphatic heterocycles. The number of hydrogen-bond acceptors (Lipinski definition) is 4. The predicted octanol–water partition coefficient (Wildman–Crippen LogP) is 1.38. The number of nitrogens with one attached hydrogen (secondary N) is 1. The van der Waals surface area contributed by atoms with Gasteiger partial charge in [-0.15, -0.1) is 0 Å². The van der Waals surface area contributed by atoms with Gasteiger partial charge in [-0.05, 0) is 12.1 Å². The summed E-state index contributed by atoms with van der Waals surface area (Å²) in [6.07, 6.45) is 0. The second-order valence-electron chi connectivity index (χ2n) is 3.27. The molecule has 0 aliphatic carbocycles. The Morgan fingerprint density at radius 2 is 1.94 bits per heavy atom. The van der Waals surface area contributed by atoms with E-state index in [0.717, 1.165) is 26.3 Å². The van der Waals surface area contributed by atoms with Crippen molar-refractivity contribution in [3.63, 3.8) is 0 Å². The monoisotopic (exact) mass is 241 g/mol. The van der Waals surface area contributed by atoms with Gasteiger partial charge in [0.05, 0.1) is 18.8 Å². The maximum atomic E-state index is 11.5. The van der Waals surface area contributed by atoms with Gasteiger partial charge < -0.3 is 14.8 Å². The Kier molecular flexibility index (Phi) is 6.93. The lowest BCUT2D eigenvalue weighted by molar-refractivity contribution is 0.0324. The first kappa shape index (κ1) is 13.6. The third kappa shape index (κ3) is 5.99. The number of hydrogen-bond donors (Lipinski definition) is 1. The molecule has 2 rings (SSSR count). The Labute approximate surface area is 99.7 Å².